The lowest BCUT2D eigenvalue weighted by atomic mass is 10.2. The second-order valence-corrected chi connectivity index (χ2v) is 10.9. The summed E-state index contributed by atoms with van der Waals surface area (Å²) in [6, 6.07) is 43.8. The second kappa shape index (κ2) is 16.1. The molecule has 188 valence electrons. The largest absolute Gasteiger partial charge is 1.00 e. The van der Waals surface area contributed by atoms with Gasteiger partial charge < -0.3 is 17.0 Å². The van der Waals surface area contributed by atoms with Crippen LogP contribution < -0.4 is 17.0 Å². The Balaban J connectivity index is 0.000000220. The van der Waals surface area contributed by atoms with E-state index in [-0.39, 0.29) is 12.4 Å². The van der Waals surface area contributed by atoms with Gasteiger partial charge in [0.25, 0.3) is 0 Å². The molecule has 0 aliphatic rings. The van der Waals surface area contributed by atoms with E-state index in [1.807, 2.05) is 66.1 Å². The normalized spacial score (nSPS) is 10.1. The quantitative estimate of drug-likeness (QED) is 0.113. The highest BCUT2D eigenvalue weighted by molar-refractivity contribution is 8.15. The molecule has 2 heterocycles. The average Bonchev–Trinajstić information content (AvgIpc) is 2.93. The Hall–Kier alpha value is -2.83. The smallest absolute Gasteiger partial charge is 0.241 e. The molecule has 0 saturated heterocycles. The molecule has 0 spiro atoms. The van der Waals surface area contributed by atoms with E-state index in [9.17, 15) is 0 Å². The third kappa shape index (κ3) is 9.86. The molecular weight excluding hydrogens is 532 g/mol. The molecule has 37 heavy (non-hydrogen) atoms. The van der Waals surface area contributed by atoms with Crippen LogP contribution in [-0.4, -0.2) is 9.65 Å². The number of rotatable bonds is 8. The number of thioether (sulfide) groups is 2. The van der Waals surface area contributed by atoms with Crippen molar-refractivity contribution in [3.8, 4) is 0 Å². The van der Waals surface area contributed by atoms with E-state index in [1.165, 1.54) is 21.0 Å². The molecular formula is C31H29ClN2S3. The summed E-state index contributed by atoms with van der Waals surface area (Å²) in [6.07, 6.45) is 4.16. The van der Waals surface area contributed by atoms with Gasteiger partial charge in [-0.15, -0.1) is 11.8 Å². The van der Waals surface area contributed by atoms with E-state index < -0.39 is 0 Å². The summed E-state index contributed by atoms with van der Waals surface area (Å²) >= 11 is 8.98. The van der Waals surface area contributed by atoms with Gasteiger partial charge in [0.15, 0.2) is 12.7 Å². The van der Waals surface area contributed by atoms with E-state index in [4.69, 9.17) is 12.2 Å². The fourth-order valence-corrected chi connectivity index (χ4v) is 5.83. The predicted molar refractivity (Wildman–Crippen MR) is 156 cm³/mol. The zero-order chi connectivity index (χ0) is 24.8. The molecule has 5 aromatic rings. The zero-order valence-electron chi connectivity index (χ0n) is 20.4. The maximum atomic E-state index is 5.21. The van der Waals surface area contributed by atoms with E-state index in [1.54, 1.807) is 0 Å². The van der Waals surface area contributed by atoms with Crippen LogP contribution in [0.5, 0.6) is 0 Å². The summed E-state index contributed by atoms with van der Waals surface area (Å²) < 4.78 is 5.24. The first-order chi connectivity index (χ1) is 17.8. The summed E-state index contributed by atoms with van der Waals surface area (Å²) in [5, 5.41) is 2.32. The van der Waals surface area contributed by atoms with Crippen LogP contribution in [0.15, 0.2) is 150 Å². The van der Waals surface area contributed by atoms with Crippen molar-refractivity contribution < 1.29 is 17.0 Å². The van der Waals surface area contributed by atoms with E-state index >= 15 is 0 Å². The van der Waals surface area contributed by atoms with E-state index in [2.05, 4.69) is 106 Å². The molecule has 3 aromatic carbocycles. The van der Waals surface area contributed by atoms with Crippen LogP contribution in [0.25, 0.3) is 0 Å². The molecule has 6 heteroatoms. The topological polar surface area (TPSA) is 8.81 Å². The van der Waals surface area contributed by atoms with Gasteiger partial charge in [0.05, 0.1) is 5.08 Å². The number of hydrogen-bond acceptors (Lipinski definition) is 3. The molecule has 0 bridgehead atoms. The van der Waals surface area contributed by atoms with Gasteiger partial charge in [-0.1, -0.05) is 97.1 Å². The minimum absolute atomic E-state index is 0. The number of hydrogen-bond donors (Lipinski definition) is 0. The molecule has 0 atom stereocenters. The van der Waals surface area contributed by atoms with Gasteiger partial charge in [0.2, 0.25) is 5.03 Å². The molecule has 0 unspecified atom stereocenters. The van der Waals surface area contributed by atoms with Gasteiger partial charge in [0, 0.05) is 35.3 Å². The summed E-state index contributed by atoms with van der Waals surface area (Å²) in [5.74, 6) is 0. The van der Waals surface area contributed by atoms with Crippen molar-refractivity contribution in [2.24, 2.45) is 0 Å². The van der Waals surface area contributed by atoms with Crippen LogP contribution in [0.4, 0.5) is 0 Å². The maximum Gasteiger partial charge on any atom is 0.241 e. The molecule has 0 saturated carbocycles. The highest BCUT2D eigenvalue weighted by Gasteiger charge is 2.11. The summed E-state index contributed by atoms with van der Waals surface area (Å²) in [6.45, 7) is 1.76. The Labute approximate surface area is 239 Å². The van der Waals surface area contributed by atoms with Crippen molar-refractivity contribution in [1.29, 1.82) is 0 Å². The van der Waals surface area contributed by atoms with Crippen molar-refractivity contribution in [3.63, 3.8) is 0 Å². The van der Waals surface area contributed by atoms with Gasteiger partial charge in [-0.2, -0.15) is 4.57 Å². The Kier molecular flexibility index (Phi) is 12.5. The van der Waals surface area contributed by atoms with Crippen molar-refractivity contribution in [2.45, 2.75) is 23.0 Å². The molecule has 0 aliphatic carbocycles. The zero-order valence-corrected chi connectivity index (χ0v) is 23.6. The second-order valence-electron chi connectivity index (χ2n) is 8.02. The molecule has 2 nitrogen and oxygen atoms in total. The first-order valence-electron chi connectivity index (χ1n) is 11.8. The highest BCUT2D eigenvalue weighted by atomic mass is 35.5. The van der Waals surface area contributed by atoms with Crippen molar-refractivity contribution in [1.82, 2.24) is 4.57 Å². The molecule has 0 N–H and O–H groups in total. The van der Waals surface area contributed by atoms with E-state index in [0.29, 0.717) is 0 Å². The molecule has 2 aromatic heterocycles. The summed E-state index contributed by atoms with van der Waals surface area (Å²) in [4.78, 5) is 1.32. The fraction of sp³-hybridized carbons (Fsp3) is 0.0968. The van der Waals surface area contributed by atoms with Crippen LogP contribution in [0, 0.1) is 4.64 Å². The number of benzene rings is 3. The molecule has 0 fully saturated rings. The van der Waals surface area contributed by atoms with Gasteiger partial charge in [-0.3, -0.25) is 0 Å². The average molecular weight is 561 g/mol. The lowest BCUT2D eigenvalue weighted by Gasteiger charge is -2.05. The third-order valence-electron chi connectivity index (χ3n) is 5.37. The standard InChI is InChI=1S/C19H18NS2.C12H11NS.ClH/c1-3-9-17(10-4-1)15-20-14-8-7-13-19(20)22-16-21-18-11-5-2-6-12-18;14-12-8-4-5-9-13(12)10-11-6-2-1-3-7-11;/h1-14H,15-16H2;1-9H,10H2;1H/q+1;;/p-1. The lowest BCUT2D eigenvalue weighted by molar-refractivity contribution is -0.724. The van der Waals surface area contributed by atoms with Crippen molar-refractivity contribution in [3.05, 3.63) is 156 Å². The monoisotopic (exact) mass is 560 g/mol. The molecule has 0 radical (unpaired) electrons. The summed E-state index contributed by atoms with van der Waals surface area (Å²) in [5.41, 5.74) is 2.60. The third-order valence-corrected chi connectivity index (χ3v) is 7.95. The van der Waals surface area contributed by atoms with Gasteiger partial charge in [0.1, 0.15) is 4.64 Å². The van der Waals surface area contributed by atoms with Crippen LogP contribution in [-0.2, 0) is 13.1 Å². The van der Waals surface area contributed by atoms with Gasteiger partial charge >= 0.3 is 0 Å². The van der Waals surface area contributed by atoms with Crippen LogP contribution in [0.1, 0.15) is 11.1 Å². The fourth-order valence-electron chi connectivity index (χ4n) is 3.55. The SMILES string of the molecule is S=c1ccccn1Cc1ccccc1.[Cl-].c1ccc(C[n+]2ccccc2SCSc2ccccc2)cc1. The number of pyridine rings is 2. The maximum absolute atomic E-state index is 5.21. The van der Waals surface area contributed by atoms with Crippen molar-refractivity contribution in [2.75, 3.05) is 5.08 Å². The first-order valence-corrected chi connectivity index (χ1v) is 14.2. The number of nitrogens with zero attached hydrogens (tertiary/aromatic N) is 2. The lowest BCUT2D eigenvalue weighted by Crippen LogP contribution is -3.00. The Morgan fingerprint density at radius 2 is 1.22 bits per heavy atom. The van der Waals surface area contributed by atoms with Crippen LogP contribution in [0.3, 0.4) is 0 Å². The minimum Gasteiger partial charge on any atom is -1.00 e. The first kappa shape index (κ1) is 28.7. The number of halogens is 1. The molecule has 0 amide bonds. The van der Waals surface area contributed by atoms with Crippen molar-refractivity contribution >= 4 is 35.7 Å². The Bertz CT molecular complexity index is 1380. The minimum atomic E-state index is 0. The Morgan fingerprint density at radius 1 is 0.622 bits per heavy atom. The number of aromatic nitrogens is 2. The van der Waals surface area contributed by atoms with Crippen LogP contribution >= 0.6 is 35.7 Å². The molecule has 0 aliphatic heterocycles. The predicted octanol–water partition coefficient (Wildman–Crippen LogP) is 5.13. The summed E-state index contributed by atoms with van der Waals surface area (Å²) in [7, 11) is 0. The highest BCUT2D eigenvalue weighted by Crippen LogP contribution is 2.25. The van der Waals surface area contributed by atoms with Gasteiger partial charge in [-0.05, 0) is 47.7 Å². The van der Waals surface area contributed by atoms with Crippen LogP contribution in [0.2, 0.25) is 0 Å². The molecule has 5 rings (SSSR count). The Morgan fingerprint density at radius 3 is 1.89 bits per heavy atom. The van der Waals surface area contributed by atoms with E-state index in [0.717, 1.165) is 22.8 Å². The van der Waals surface area contributed by atoms with Gasteiger partial charge in [-0.25, -0.2) is 0 Å².